The van der Waals surface area contributed by atoms with Gasteiger partial charge >= 0.3 is 0 Å². The smallest absolute Gasteiger partial charge is 0.0820 e. The third-order valence-corrected chi connectivity index (χ3v) is 3.80. The number of hydrogen-bond donors (Lipinski definition) is 1. The standard InChI is InChI=1S/C15H25N3O/c1-13-4-3-5-14(10-13)18-8-6-17(7-9-18)12-15(11-16)19-2/h3-5,10,15H,6-9,11-12,16H2,1-2H3. The van der Waals surface area contributed by atoms with Gasteiger partial charge in [-0.2, -0.15) is 0 Å². The highest BCUT2D eigenvalue weighted by molar-refractivity contribution is 5.48. The van der Waals surface area contributed by atoms with Crippen LogP contribution in [0.5, 0.6) is 0 Å². The van der Waals surface area contributed by atoms with Gasteiger partial charge in [0.2, 0.25) is 0 Å². The van der Waals surface area contributed by atoms with E-state index in [1.54, 1.807) is 7.11 Å². The molecule has 1 aliphatic heterocycles. The average Bonchev–Trinajstić information content (AvgIpc) is 2.45. The van der Waals surface area contributed by atoms with Crippen molar-refractivity contribution in [1.29, 1.82) is 0 Å². The fourth-order valence-electron chi connectivity index (χ4n) is 2.55. The molecule has 1 unspecified atom stereocenters. The Morgan fingerprint density at radius 3 is 2.58 bits per heavy atom. The van der Waals surface area contributed by atoms with Crippen LogP contribution in [0.2, 0.25) is 0 Å². The summed E-state index contributed by atoms with van der Waals surface area (Å²) < 4.78 is 5.35. The number of piperazine rings is 1. The maximum absolute atomic E-state index is 5.67. The SMILES string of the molecule is COC(CN)CN1CCN(c2cccc(C)c2)CC1. The van der Waals surface area contributed by atoms with E-state index in [0.29, 0.717) is 6.54 Å². The predicted octanol–water partition coefficient (Wildman–Crippen LogP) is 1.09. The summed E-state index contributed by atoms with van der Waals surface area (Å²) in [6.07, 6.45) is 0.158. The third kappa shape index (κ3) is 3.93. The molecule has 4 nitrogen and oxygen atoms in total. The molecule has 1 fully saturated rings. The zero-order chi connectivity index (χ0) is 13.7. The molecule has 0 radical (unpaired) electrons. The largest absolute Gasteiger partial charge is 0.379 e. The molecule has 1 atom stereocenters. The quantitative estimate of drug-likeness (QED) is 0.863. The van der Waals surface area contributed by atoms with E-state index in [0.717, 1.165) is 32.7 Å². The molecule has 0 aromatic heterocycles. The lowest BCUT2D eigenvalue weighted by molar-refractivity contribution is 0.0679. The molecule has 0 aliphatic carbocycles. The Bertz CT molecular complexity index is 385. The summed E-state index contributed by atoms with van der Waals surface area (Å²) >= 11 is 0. The summed E-state index contributed by atoms with van der Waals surface area (Å²) in [6.45, 7) is 7.98. The van der Waals surface area contributed by atoms with Gasteiger partial charge in [0, 0.05) is 52.1 Å². The highest BCUT2D eigenvalue weighted by Crippen LogP contribution is 2.17. The number of nitrogens with two attached hydrogens (primary N) is 1. The topological polar surface area (TPSA) is 41.7 Å². The van der Waals surface area contributed by atoms with Gasteiger partial charge in [-0.25, -0.2) is 0 Å². The van der Waals surface area contributed by atoms with Crippen molar-refractivity contribution in [3.05, 3.63) is 29.8 Å². The maximum atomic E-state index is 5.67. The first-order valence-corrected chi connectivity index (χ1v) is 6.99. The lowest BCUT2D eigenvalue weighted by Crippen LogP contribution is -2.49. The van der Waals surface area contributed by atoms with Crippen molar-refractivity contribution in [1.82, 2.24) is 4.90 Å². The molecule has 0 bridgehead atoms. The Morgan fingerprint density at radius 1 is 1.26 bits per heavy atom. The van der Waals surface area contributed by atoms with E-state index in [1.807, 2.05) is 0 Å². The predicted molar refractivity (Wildman–Crippen MR) is 79.7 cm³/mol. The van der Waals surface area contributed by atoms with Gasteiger partial charge in [0.25, 0.3) is 0 Å². The minimum absolute atomic E-state index is 0.158. The van der Waals surface area contributed by atoms with Crippen LogP contribution in [0, 0.1) is 6.92 Å². The van der Waals surface area contributed by atoms with E-state index in [2.05, 4.69) is 41.0 Å². The van der Waals surface area contributed by atoms with E-state index >= 15 is 0 Å². The Morgan fingerprint density at radius 2 is 2.00 bits per heavy atom. The first-order chi connectivity index (χ1) is 9.22. The molecule has 106 valence electrons. The van der Waals surface area contributed by atoms with Crippen LogP contribution in [-0.4, -0.2) is 57.4 Å². The second-order valence-electron chi connectivity index (χ2n) is 5.22. The van der Waals surface area contributed by atoms with Crippen molar-refractivity contribution in [2.45, 2.75) is 13.0 Å². The number of anilines is 1. The molecule has 0 spiro atoms. The van der Waals surface area contributed by atoms with Crippen molar-refractivity contribution >= 4 is 5.69 Å². The zero-order valence-corrected chi connectivity index (χ0v) is 12.0. The number of hydrogen-bond acceptors (Lipinski definition) is 4. The van der Waals surface area contributed by atoms with Crippen LogP contribution in [0.3, 0.4) is 0 Å². The highest BCUT2D eigenvalue weighted by Gasteiger charge is 2.19. The fourth-order valence-corrected chi connectivity index (χ4v) is 2.55. The van der Waals surface area contributed by atoms with Crippen LogP contribution in [-0.2, 0) is 4.74 Å². The second kappa shape index (κ2) is 6.89. The molecule has 0 saturated carbocycles. The van der Waals surface area contributed by atoms with Crippen LogP contribution in [0.15, 0.2) is 24.3 Å². The van der Waals surface area contributed by atoms with Gasteiger partial charge in [-0.1, -0.05) is 12.1 Å². The van der Waals surface area contributed by atoms with Crippen LogP contribution < -0.4 is 10.6 Å². The van der Waals surface area contributed by atoms with Crippen LogP contribution in [0.1, 0.15) is 5.56 Å². The van der Waals surface area contributed by atoms with Gasteiger partial charge in [-0.3, -0.25) is 4.90 Å². The third-order valence-electron chi connectivity index (χ3n) is 3.80. The van der Waals surface area contributed by atoms with Crippen molar-refractivity contribution in [2.24, 2.45) is 5.73 Å². The second-order valence-corrected chi connectivity index (χ2v) is 5.22. The number of rotatable bonds is 5. The van der Waals surface area contributed by atoms with Gasteiger partial charge in [-0.15, -0.1) is 0 Å². The van der Waals surface area contributed by atoms with Crippen LogP contribution >= 0.6 is 0 Å². The van der Waals surface area contributed by atoms with Crippen LogP contribution in [0.4, 0.5) is 5.69 Å². The van der Waals surface area contributed by atoms with Crippen molar-refractivity contribution in [2.75, 3.05) is 51.3 Å². The van der Waals surface area contributed by atoms with Gasteiger partial charge in [0.15, 0.2) is 0 Å². The Hall–Kier alpha value is -1.10. The van der Waals surface area contributed by atoms with E-state index in [4.69, 9.17) is 10.5 Å². The highest BCUT2D eigenvalue weighted by atomic mass is 16.5. The van der Waals surface area contributed by atoms with Gasteiger partial charge in [-0.05, 0) is 24.6 Å². The van der Waals surface area contributed by atoms with Crippen molar-refractivity contribution in [3.8, 4) is 0 Å². The average molecular weight is 263 g/mol. The molecule has 2 N–H and O–H groups in total. The molecule has 1 heterocycles. The number of nitrogens with zero attached hydrogens (tertiary/aromatic N) is 2. The Kier molecular flexibility index (Phi) is 5.19. The van der Waals surface area contributed by atoms with E-state index in [1.165, 1.54) is 11.3 Å². The first kappa shape index (κ1) is 14.3. The summed E-state index contributed by atoms with van der Waals surface area (Å²) in [5.41, 5.74) is 8.33. The van der Waals surface area contributed by atoms with Crippen LogP contribution in [0.25, 0.3) is 0 Å². The first-order valence-electron chi connectivity index (χ1n) is 6.99. The lowest BCUT2D eigenvalue weighted by Gasteiger charge is -2.37. The summed E-state index contributed by atoms with van der Waals surface area (Å²) in [6, 6.07) is 8.73. The molecule has 1 aromatic rings. The summed E-state index contributed by atoms with van der Waals surface area (Å²) in [4.78, 5) is 4.89. The maximum Gasteiger partial charge on any atom is 0.0820 e. The number of methoxy groups -OCH3 is 1. The molecule has 1 aliphatic rings. The fraction of sp³-hybridized carbons (Fsp3) is 0.600. The number of ether oxygens (including phenoxy) is 1. The van der Waals surface area contributed by atoms with Crippen molar-refractivity contribution < 1.29 is 4.74 Å². The van der Waals surface area contributed by atoms with Crippen molar-refractivity contribution in [3.63, 3.8) is 0 Å². The summed E-state index contributed by atoms with van der Waals surface area (Å²) in [7, 11) is 1.74. The number of aryl methyl sites for hydroxylation is 1. The van der Waals surface area contributed by atoms with E-state index in [9.17, 15) is 0 Å². The van der Waals surface area contributed by atoms with E-state index < -0.39 is 0 Å². The molecule has 1 saturated heterocycles. The molecular formula is C15H25N3O. The van der Waals surface area contributed by atoms with Gasteiger partial charge in [0.1, 0.15) is 0 Å². The summed E-state index contributed by atoms with van der Waals surface area (Å²) in [5, 5.41) is 0. The van der Waals surface area contributed by atoms with Gasteiger partial charge < -0.3 is 15.4 Å². The summed E-state index contributed by atoms with van der Waals surface area (Å²) in [5.74, 6) is 0. The molecule has 0 amide bonds. The zero-order valence-electron chi connectivity index (χ0n) is 12.0. The molecule has 2 rings (SSSR count). The molecular weight excluding hydrogens is 238 g/mol. The Labute approximate surface area is 116 Å². The normalized spacial score (nSPS) is 18.6. The van der Waals surface area contributed by atoms with Gasteiger partial charge in [0.05, 0.1) is 6.10 Å². The lowest BCUT2D eigenvalue weighted by atomic mass is 10.2. The Balaban J connectivity index is 1.85. The molecule has 1 aromatic carbocycles. The number of benzene rings is 1. The molecule has 19 heavy (non-hydrogen) atoms. The van der Waals surface area contributed by atoms with E-state index in [-0.39, 0.29) is 6.10 Å². The monoisotopic (exact) mass is 263 g/mol. The minimum atomic E-state index is 0.158. The minimum Gasteiger partial charge on any atom is -0.379 e. The molecule has 4 heteroatoms.